The van der Waals surface area contributed by atoms with Crippen molar-refractivity contribution < 1.29 is 18.9 Å². The number of carbonyl (C=O) groups excluding carboxylic acids is 3. The van der Waals surface area contributed by atoms with Crippen LogP contribution in [0.2, 0.25) is 0 Å². The lowest BCUT2D eigenvalue weighted by molar-refractivity contribution is -0.121. The molecule has 0 aromatic carbocycles. The van der Waals surface area contributed by atoms with E-state index in [1.54, 1.807) is 20.8 Å². The largest absolute Gasteiger partial charge is 0.369 e. The molecule has 3 atom stereocenters. The van der Waals surface area contributed by atoms with E-state index < -0.39 is 42.6 Å². The fourth-order valence-corrected chi connectivity index (χ4v) is 5.97. The van der Waals surface area contributed by atoms with E-state index in [9.17, 15) is 18.9 Å². The molecule has 0 radical (unpaired) electrons. The average molecular weight is 305 g/mol. The summed E-state index contributed by atoms with van der Waals surface area (Å²) < 4.78 is 12.9. The van der Waals surface area contributed by atoms with Crippen molar-refractivity contribution in [1.29, 1.82) is 0 Å². The third-order valence-corrected chi connectivity index (χ3v) is 6.92. The lowest BCUT2D eigenvalue weighted by atomic mass is 10.2. The Hall–Kier alpha value is -1.36. The molecule has 116 valence electrons. The Bertz CT molecular complexity index is 377. The van der Waals surface area contributed by atoms with Crippen LogP contribution in [0.1, 0.15) is 20.8 Å². The van der Waals surface area contributed by atoms with Gasteiger partial charge in [0.05, 0.1) is 7.14 Å². The molecule has 0 saturated heterocycles. The van der Waals surface area contributed by atoms with Crippen molar-refractivity contribution in [1.82, 2.24) is 0 Å². The summed E-state index contributed by atoms with van der Waals surface area (Å²) in [6.45, 7) is 4.70. The first-order chi connectivity index (χ1) is 8.98. The molecule has 7 nitrogen and oxygen atoms in total. The van der Waals surface area contributed by atoms with Crippen molar-refractivity contribution >= 4 is 24.9 Å². The third kappa shape index (κ3) is 6.19. The lowest BCUT2D eigenvalue weighted by Crippen LogP contribution is -2.31. The highest BCUT2D eigenvalue weighted by molar-refractivity contribution is 7.64. The van der Waals surface area contributed by atoms with Crippen molar-refractivity contribution in [3.05, 3.63) is 0 Å². The van der Waals surface area contributed by atoms with Crippen LogP contribution >= 0.6 is 7.14 Å². The van der Waals surface area contributed by atoms with Crippen LogP contribution in [-0.2, 0) is 18.9 Å². The quantitative estimate of drug-likeness (QED) is 0.502. The predicted octanol–water partition coefficient (Wildman–Crippen LogP) is -0.286. The zero-order valence-electron chi connectivity index (χ0n) is 12.2. The van der Waals surface area contributed by atoms with Crippen LogP contribution < -0.4 is 17.2 Å². The Morgan fingerprint density at radius 2 is 0.950 bits per heavy atom. The SMILES string of the molecule is CC(CP(=O)(CC(C)C(N)=O)CC(C)C(N)=O)C(N)=O. The monoisotopic (exact) mass is 305 g/mol. The van der Waals surface area contributed by atoms with Crippen LogP contribution in [0.3, 0.4) is 0 Å². The second-order valence-corrected chi connectivity index (χ2v) is 8.73. The molecule has 3 amide bonds. The van der Waals surface area contributed by atoms with Gasteiger partial charge >= 0.3 is 0 Å². The summed E-state index contributed by atoms with van der Waals surface area (Å²) in [6, 6.07) is 0. The maximum atomic E-state index is 12.9. The van der Waals surface area contributed by atoms with Gasteiger partial charge in [0.25, 0.3) is 0 Å². The normalized spacial score (nSPS) is 18.6. The maximum absolute atomic E-state index is 12.9. The molecule has 8 heteroatoms. The second-order valence-electron chi connectivity index (χ2n) is 5.52. The first-order valence-electron chi connectivity index (χ1n) is 6.43. The number of carbonyl (C=O) groups is 3. The minimum absolute atomic E-state index is 0.0531. The number of primary amides is 3. The zero-order chi connectivity index (χ0) is 16.1. The lowest BCUT2D eigenvalue weighted by Gasteiger charge is -2.24. The summed E-state index contributed by atoms with van der Waals surface area (Å²) in [7, 11) is -2.95. The molecular formula is C12H24N3O4P. The standard InChI is InChI=1S/C12H24N3O4P/c1-7(10(13)16)4-20(19,5-8(2)11(14)17)6-9(3)12(15)18/h7-9H,4-6H2,1-3H3,(H2,13,16)(H2,14,17)(H2,15,18). The fourth-order valence-electron chi connectivity index (χ4n) is 1.99. The molecule has 0 spiro atoms. The first-order valence-corrected chi connectivity index (χ1v) is 8.69. The highest BCUT2D eigenvalue weighted by atomic mass is 31.2. The second kappa shape index (κ2) is 7.43. The van der Waals surface area contributed by atoms with E-state index in [0.717, 1.165) is 0 Å². The smallest absolute Gasteiger partial charge is 0.220 e. The van der Waals surface area contributed by atoms with E-state index >= 15 is 0 Å². The Morgan fingerprint density at radius 1 is 0.750 bits per heavy atom. The average Bonchev–Trinajstić information content (AvgIpc) is 2.27. The van der Waals surface area contributed by atoms with E-state index in [4.69, 9.17) is 17.2 Å². The molecule has 0 fully saturated rings. The van der Waals surface area contributed by atoms with Gasteiger partial charge in [-0.1, -0.05) is 20.8 Å². The summed E-state index contributed by atoms with van der Waals surface area (Å²) >= 11 is 0. The fraction of sp³-hybridized carbons (Fsp3) is 0.750. The maximum Gasteiger partial charge on any atom is 0.220 e. The summed E-state index contributed by atoms with van der Waals surface area (Å²) in [5.74, 6) is -3.49. The van der Waals surface area contributed by atoms with Crippen LogP contribution in [-0.4, -0.2) is 36.2 Å². The molecule has 6 N–H and O–H groups in total. The van der Waals surface area contributed by atoms with Gasteiger partial charge in [0.2, 0.25) is 17.7 Å². The molecule has 0 aliphatic carbocycles. The molecule has 0 saturated carbocycles. The third-order valence-electron chi connectivity index (χ3n) is 3.28. The molecule has 0 rings (SSSR count). The molecule has 0 aromatic heterocycles. The number of hydrogen-bond acceptors (Lipinski definition) is 4. The number of nitrogens with two attached hydrogens (primary N) is 3. The van der Waals surface area contributed by atoms with Crippen molar-refractivity contribution in [3.8, 4) is 0 Å². The van der Waals surface area contributed by atoms with Crippen molar-refractivity contribution in [2.75, 3.05) is 18.5 Å². The van der Waals surface area contributed by atoms with E-state index in [1.165, 1.54) is 0 Å². The van der Waals surface area contributed by atoms with Crippen LogP contribution in [0.25, 0.3) is 0 Å². The van der Waals surface area contributed by atoms with Gasteiger partial charge in [0.15, 0.2) is 0 Å². The summed E-state index contributed by atoms with van der Waals surface area (Å²) in [6.07, 6.45) is 0.159. The van der Waals surface area contributed by atoms with Crippen LogP contribution in [0.4, 0.5) is 0 Å². The number of rotatable bonds is 9. The highest BCUT2D eigenvalue weighted by Gasteiger charge is 2.33. The van der Waals surface area contributed by atoms with Gasteiger partial charge < -0.3 is 21.8 Å². The van der Waals surface area contributed by atoms with Gasteiger partial charge in [0.1, 0.15) is 0 Å². The van der Waals surface area contributed by atoms with E-state index in [-0.39, 0.29) is 18.5 Å². The molecule has 3 unspecified atom stereocenters. The van der Waals surface area contributed by atoms with E-state index in [2.05, 4.69) is 0 Å². The van der Waals surface area contributed by atoms with Gasteiger partial charge in [-0.2, -0.15) is 0 Å². The number of hydrogen-bond donors (Lipinski definition) is 3. The van der Waals surface area contributed by atoms with Gasteiger partial charge in [-0.15, -0.1) is 0 Å². The summed E-state index contributed by atoms with van der Waals surface area (Å²) in [5.41, 5.74) is 15.5. The van der Waals surface area contributed by atoms with E-state index in [0.29, 0.717) is 0 Å². The van der Waals surface area contributed by atoms with Crippen LogP contribution in [0, 0.1) is 17.8 Å². The van der Waals surface area contributed by atoms with Crippen molar-refractivity contribution in [2.45, 2.75) is 20.8 Å². The molecule has 20 heavy (non-hydrogen) atoms. The van der Waals surface area contributed by atoms with Gasteiger partial charge in [-0.25, -0.2) is 0 Å². The molecule has 0 aromatic rings. The van der Waals surface area contributed by atoms with Gasteiger partial charge in [0, 0.05) is 36.2 Å². The Kier molecular flexibility index (Phi) is 6.92. The minimum Gasteiger partial charge on any atom is -0.369 e. The van der Waals surface area contributed by atoms with Crippen molar-refractivity contribution in [2.24, 2.45) is 35.0 Å². The van der Waals surface area contributed by atoms with Crippen LogP contribution in [0.15, 0.2) is 0 Å². The molecule has 0 aliphatic heterocycles. The molecular weight excluding hydrogens is 281 g/mol. The van der Waals surface area contributed by atoms with Crippen molar-refractivity contribution in [3.63, 3.8) is 0 Å². The minimum atomic E-state index is -2.95. The molecule has 0 bridgehead atoms. The predicted molar refractivity (Wildman–Crippen MR) is 77.3 cm³/mol. The van der Waals surface area contributed by atoms with Gasteiger partial charge in [-0.05, 0) is 0 Å². The van der Waals surface area contributed by atoms with E-state index in [1.807, 2.05) is 0 Å². The summed E-state index contributed by atoms with van der Waals surface area (Å²) in [5, 5.41) is 0. The Morgan fingerprint density at radius 3 is 1.10 bits per heavy atom. The van der Waals surface area contributed by atoms with Gasteiger partial charge in [-0.3, -0.25) is 14.4 Å². The van der Waals surface area contributed by atoms with Crippen LogP contribution in [0.5, 0.6) is 0 Å². The first kappa shape index (κ1) is 18.6. The zero-order valence-corrected chi connectivity index (χ0v) is 13.1. The summed E-state index contributed by atoms with van der Waals surface area (Å²) in [4.78, 5) is 33.4. The highest BCUT2D eigenvalue weighted by Crippen LogP contribution is 2.50. The Labute approximate surface area is 119 Å². The molecule has 0 aliphatic rings. The number of amides is 3. The topological polar surface area (TPSA) is 146 Å². The Balaban J connectivity index is 5.11. The molecule has 0 heterocycles.